The minimum absolute atomic E-state index is 0.293. The van der Waals surface area contributed by atoms with Crippen LogP contribution < -0.4 is 4.90 Å². The molecule has 1 unspecified atom stereocenters. The summed E-state index contributed by atoms with van der Waals surface area (Å²) in [5, 5.41) is 12.1. The summed E-state index contributed by atoms with van der Waals surface area (Å²) in [5.41, 5.74) is 4.35. The first-order valence-electron chi connectivity index (χ1n) is 10.7. The van der Waals surface area contributed by atoms with Crippen LogP contribution in [0.1, 0.15) is 22.8 Å². The number of nitrogens with zero attached hydrogens (tertiary/aromatic N) is 4. The van der Waals surface area contributed by atoms with Gasteiger partial charge in [-0.3, -0.25) is 4.98 Å². The molecule has 168 valence electrons. The molecule has 3 heterocycles. The van der Waals surface area contributed by atoms with Gasteiger partial charge in [-0.1, -0.05) is 17.7 Å². The third-order valence-corrected chi connectivity index (χ3v) is 6.27. The number of pyridine rings is 1. The van der Waals surface area contributed by atoms with Crippen LogP contribution >= 0.6 is 11.6 Å². The van der Waals surface area contributed by atoms with Crippen molar-refractivity contribution in [2.75, 3.05) is 31.2 Å². The van der Waals surface area contributed by atoms with E-state index in [9.17, 15) is 9.50 Å². The Morgan fingerprint density at radius 1 is 1.09 bits per heavy atom. The van der Waals surface area contributed by atoms with Crippen LogP contribution in [0.2, 0.25) is 5.02 Å². The summed E-state index contributed by atoms with van der Waals surface area (Å²) >= 11 is 6.29. The van der Waals surface area contributed by atoms with E-state index < -0.39 is 11.9 Å². The monoisotopic (exact) mass is 464 g/mol. The van der Waals surface area contributed by atoms with Crippen LogP contribution in [0.4, 0.5) is 10.1 Å². The number of aryl methyl sites for hydroxylation is 1. The maximum atomic E-state index is 15.0. The minimum Gasteiger partial charge on any atom is -0.384 e. The van der Waals surface area contributed by atoms with Crippen molar-refractivity contribution < 1.29 is 14.2 Å². The predicted octanol–water partition coefficient (Wildman–Crippen LogP) is 4.71. The van der Waals surface area contributed by atoms with Crippen LogP contribution in [0.25, 0.3) is 22.2 Å². The van der Waals surface area contributed by atoms with E-state index in [0.29, 0.717) is 40.6 Å². The van der Waals surface area contributed by atoms with Gasteiger partial charge in [-0.2, -0.15) is 0 Å². The Balaban J connectivity index is 1.57. The lowest BCUT2D eigenvalue weighted by molar-refractivity contribution is 0.122. The van der Waals surface area contributed by atoms with Gasteiger partial charge in [-0.05, 0) is 48.4 Å². The molecule has 1 saturated heterocycles. The van der Waals surface area contributed by atoms with Gasteiger partial charge < -0.3 is 14.7 Å². The molecule has 2 aromatic heterocycles. The van der Waals surface area contributed by atoms with E-state index in [1.807, 2.05) is 25.1 Å². The first kappa shape index (κ1) is 21.7. The fourth-order valence-electron chi connectivity index (χ4n) is 4.23. The lowest BCUT2D eigenvalue weighted by Crippen LogP contribution is -2.36. The normalized spacial score (nSPS) is 15.1. The molecule has 6 nitrogen and oxygen atoms in total. The van der Waals surface area contributed by atoms with Gasteiger partial charge in [-0.15, -0.1) is 0 Å². The maximum absolute atomic E-state index is 15.0. The average Bonchev–Trinajstić information content (AvgIpc) is 2.84. The summed E-state index contributed by atoms with van der Waals surface area (Å²) in [6.07, 6.45) is 3.54. The number of aliphatic hydroxyl groups excluding tert-OH is 1. The minimum atomic E-state index is -1.03. The van der Waals surface area contributed by atoms with Crippen molar-refractivity contribution in [1.29, 1.82) is 0 Å². The maximum Gasteiger partial charge on any atom is 0.132 e. The molecule has 0 aliphatic carbocycles. The van der Waals surface area contributed by atoms with Gasteiger partial charge in [0.2, 0.25) is 0 Å². The lowest BCUT2D eigenvalue weighted by atomic mass is 9.95. The zero-order valence-corrected chi connectivity index (χ0v) is 18.8. The molecule has 33 heavy (non-hydrogen) atoms. The molecule has 0 saturated carbocycles. The van der Waals surface area contributed by atoms with E-state index in [2.05, 4.69) is 19.9 Å². The van der Waals surface area contributed by atoms with Crippen molar-refractivity contribution >= 4 is 28.2 Å². The molecule has 0 spiro atoms. The summed E-state index contributed by atoms with van der Waals surface area (Å²) in [5.74, 6) is -0.430. The molecule has 1 N–H and O–H groups in total. The fourth-order valence-corrected chi connectivity index (χ4v) is 4.54. The summed E-state index contributed by atoms with van der Waals surface area (Å²) in [6, 6.07) is 10.4. The molecule has 2 aromatic carbocycles. The molecule has 0 amide bonds. The second kappa shape index (κ2) is 9.02. The Hall–Kier alpha value is -3.13. The number of benzene rings is 2. The number of aliphatic hydroxyl groups is 1. The molecule has 1 fully saturated rings. The highest BCUT2D eigenvalue weighted by Gasteiger charge is 2.20. The van der Waals surface area contributed by atoms with Crippen molar-refractivity contribution in [1.82, 2.24) is 15.0 Å². The Morgan fingerprint density at radius 3 is 2.70 bits per heavy atom. The Bertz CT molecular complexity index is 1310. The summed E-state index contributed by atoms with van der Waals surface area (Å²) < 4.78 is 20.4. The predicted molar refractivity (Wildman–Crippen MR) is 126 cm³/mol. The standard InChI is InChI=1S/C25H22ClFN4O2/c1-15-12-28-13-20(26)23(15)25(32)16-2-5-21(27)19(10-16)24-18-4-3-17(11-22(18)29-14-30-24)31-6-8-33-9-7-31/h2-5,10-14,25,32H,6-9H2,1H3. The molecule has 1 atom stereocenters. The second-order valence-electron chi connectivity index (χ2n) is 8.02. The lowest BCUT2D eigenvalue weighted by Gasteiger charge is -2.29. The smallest absolute Gasteiger partial charge is 0.132 e. The van der Waals surface area contributed by atoms with Crippen LogP contribution in [-0.4, -0.2) is 46.4 Å². The summed E-state index contributed by atoms with van der Waals surface area (Å²) in [7, 11) is 0. The highest BCUT2D eigenvalue weighted by molar-refractivity contribution is 6.31. The molecular weight excluding hydrogens is 443 g/mol. The molecule has 1 aliphatic rings. The van der Waals surface area contributed by atoms with Gasteiger partial charge in [0.15, 0.2) is 0 Å². The van der Waals surface area contributed by atoms with E-state index in [1.54, 1.807) is 18.3 Å². The highest BCUT2D eigenvalue weighted by atomic mass is 35.5. The number of hydrogen-bond acceptors (Lipinski definition) is 6. The van der Waals surface area contributed by atoms with Gasteiger partial charge in [0.05, 0.1) is 29.4 Å². The Labute approximate surface area is 195 Å². The number of halogens is 2. The van der Waals surface area contributed by atoms with Crippen molar-refractivity contribution in [2.24, 2.45) is 0 Å². The van der Waals surface area contributed by atoms with Crippen molar-refractivity contribution in [2.45, 2.75) is 13.0 Å². The van der Waals surface area contributed by atoms with Gasteiger partial charge >= 0.3 is 0 Å². The quantitative estimate of drug-likeness (QED) is 0.471. The number of morpholine rings is 1. The zero-order chi connectivity index (χ0) is 22.9. The highest BCUT2D eigenvalue weighted by Crippen LogP contribution is 2.35. The van der Waals surface area contributed by atoms with Crippen molar-refractivity contribution in [3.8, 4) is 11.3 Å². The number of rotatable bonds is 4. The second-order valence-corrected chi connectivity index (χ2v) is 8.42. The van der Waals surface area contributed by atoms with Crippen LogP contribution in [0.15, 0.2) is 55.1 Å². The fraction of sp³-hybridized carbons (Fsp3) is 0.240. The van der Waals surface area contributed by atoms with Crippen LogP contribution in [0, 0.1) is 12.7 Å². The summed E-state index contributed by atoms with van der Waals surface area (Å²) in [4.78, 5) is 15.1. The van der Waals surface area contributed by atoms with Gasteiger partial charge in [0.25, 0.3) is 0 Å². The molecule has 4 aromatic rings. The third-order valence-electron chi connectivity index (χ3n) is 5.97. The van der Waals surface area contributed by atoms with E-state index in [1.165, 1.54) is 18.6 Å². The molecule has 0 radical (unpaired) electrons. The zero-order valence-electron chi connectivity index (χ0n) is 18.0. The van der Waals surface area contributed by atoms with Gasteiger partial charge in [0.1, 0.15) is 18.2 Å². The Morgan fingerprint density at radius 2 is 1.91 bits per heavy atom. The van der Waals surface area contributed by atoms with Crippen molar-refractivity contribution in [3.63, 3.8) is 0 Å². The van der Waals surface area contributed by atoms with E-state index in [4.69, 9.17) is 16.3 Å². The van der Waals surface area contributed by atoms with Crippen molar-refractivity contribution in [3.05, 3.63) is 82.6 Å². The third kappa shape index (κ3) is 4.15. The number of aromatic nitrogens is 3. The number of fused-ring (bicyclic) bond motifs is 1. The molecule has 5 rings (SSSR count). The first-order chi connectivity index (χ1) is 16.0. The average molecular weight is 465 g/mol. The van der Waals surface area contributed by atoms with E-state index >= 15 is 0 Å². The molecule has 0 bridgehead atoms. The van der Waals surface area contributed by atoms with E-state index in [-0.39, 0.29) is 0 Å². The number of hydrogen-bond donors (Lipinski definition) is 1. The van der Waals surface area contributed by atoms with Crippen LogP contribution in [-0.2, 0) is 4.74 Å². The summed E-state index contributed by atoms with van der Waals surface area (Å²) in [6.45, 7) is 4.83. The molecular formula is C25H22ClFN4O2. The number of anilines is 1. The SMILES string of the molecule is Cc1cncc(Cl)c1C(O)c1ccc(F)c(-c2ncnc3cc(N4CCOCC4)ccc23)c1. The first-order valence-corrected chi connectivity index (χ1v) is 11.1. The van der Waals surface area contributed by atoms with Gasteiger partial charge in [-0.25, -0.2) is 14.4 Å². The van der Waals surface area contributed by atoms with E-state index in [0.717, 1.165) is 35.2 Å². The topological polar surface area (TPSA) is 71.4 Å². The number of ether oxygens (including phenoxy) is 1. The van der Waals surface area contributed by atoms with Gasteiger partial charge in [0, 0.05) is 47.7 Å². The van der Waals surface area contributed by atoms with Crippen LogP contribution in [0.3, 0.4) is 0 Å². The molecule has 8 heteroatoms. The Kier molecular flexibility index (Phi) is 5.93. The molecule has 1 aliphatic heterocycles. The largest absolute Gasteiger partial charge is 0.384 e. The van der Waals surface area contributed by atoms with Crippen LogP contribution in [0.5, 0.6) is 0 Å².